The molecule has 16 heavy (non-hydrogen) atoms. The monoisotopic (exact) mass is 219 g/mol. The third-order valence-corrected chi connectivity index (χ3v) is 2.68. The Balaban J connectivity index is 1.98. The fourth-order valence-corrected chi connectivity index (χ4v) is 1.74. The summed E-state index contributed by atoms with van der Waals surface area (Å²) in [7, 11) is 1.65. The molecule has 1 aliphatic rings. The Labute approximate surface area is 93.1 Å². The summed E-state index contributed by atoms with van der Waals surface area (Å²) in [6, 6.07) is 5.87. The summed E-state index contributed by atoms with van der Waals surface area (Å²) in [5, 5.41) is 1.04. The molecule has 0 bridgehead atoms. The fourth-order valence-electron chi connectivity index (χ4n) is 1.74. The molecule has 1 aliphatic heterocycles. The van der Waals surface area contributed by atoms with Gasteiger partial charge in [0.15, 0.2) is 11.5 Å². The Morgan fingerprint density at radius 1 is 1.44 bits per heavy atom. The van der Waals surface area contributed by atoms with E-state index in [9.17, 15) is 0 Å². The number of fused-ring (bicyclic) bond motifs is 1. The Hall–Kier alpha value is -1.68. The van der Waals surface area contributed by atoms with Crippen LogP contribution in [0.3, 0.4) is 0 Å². The molecular weight excluding hydrogens is 206 g/mol. The van der Waals surface area contributed by atoms with Crippen molar-refractivity contribution in [1.29, 1.82) is 0 Å². The second kappa shape index (κ2) is 3.72. The van der Waals surface area contributed by atoms with Crippen LogP contribution in [0.4, 0.5) is 0 Å². The van der Waals surface area contributed by atoms with Crippen LogP contribution in [0.15, 0.2) is 24.4 Å². The van der Waals surface area contributed by atoms with Crippen LogP contribution in [-0.4, -0.2) is 31.4 Å². The van der Waals surface area contributed by atoms with Gasteiger partial charge in [0.1, 0.15) is 12.7 Å². The highest BCUT2D eigenvalue weighted by Gasteiger charge is 2.24. The fraction of sp³-hybridized carbons (Fsp3) is 0.333. The van der Waals surface area contributed by atoms with Gasteiger partial charge < -0.3 is 19.2 Å². The van der Waals surface area contributed by atoms with Gasteiger partial charge in [-0.2, -0.15) is 0 Å². The predicted molar refractivity (Wildman–Crippen MR) is 60.1 cm³/mol. The minimum atomic E-state index is 0.249. The molecule has 4 nitrogen and oxygen atoms in total. The lowest BCUT2D eigenvalue weighted by Crippen LogP contribution is -2.05. The van der Waals surface area contributed by atoms with Gasteiger partial charge >= 0.3 is 0 Å². The number of H-pyrrole nitrogens is 1. The van der Waals surface area contributed by atoms with Crippen LogP contribution in [0.25, 0.3) is 10.9 Å². The Morgan fingerprint density at radius 3 is 3.06 bits per heavy atom. The zero-order valence-electron chi connectivity index (χ0n) is 9.03. The number of aromatic amines is 1. The van der Waals surface area contributed by atoms with E-state index in [4.69, 9.17) is 14.2 Å². The molecule has 1 aromatic carbocycles. The average molecular weight is 219 g/mol. The van der Waals surface area contributed by atoms with E-state index in [1.807, 2.05) is 24.4 Å². The Morgan fingerprint density at radius 2 is 2.31 bits per heavy atom. The first-order chi connectivity index (χ1) is 7.88. The Kier molecular flexibility index (Phi) is 2.22. The maximum absolute atomic E-state index is 5.75. The van der Waals surface area contributed by atoms with Crippen molar-refractivity contribution in [3.05, 3.63) is 24.4 Å². The van der Waals surface area contributed by atoms with Crippen LogP contribution in [0.2, 0.25) is 0 Å². The van der Waals surface area contributed by atoms with Crippen LogP contribution >= 0.6 is 0 Å². The standard InChI is InChI=1S/C12H13NO3/c1-14-11-3-2-10-9(4-5-13-10)12(11)16-7-8-6-15-8/h2-5,8,13H,6-7H2,1H3/t8-/m1/s1. The number of epoxide rings is 1. The van der Waals surface area contributed by atoms with Crippen molar-refractivity contribution in [3.8, 4) is 11.5 Å². The lowest BCUT2D eigenvalue weighted by atomic mass is 10.2. The number of benzene rings is 1. The van der Waals surface area contributed by atoms with E-state index in [1.165, 1.54) is 0 Å². The van der Waals surface area contributed by atoms with Crippen molar-refractivity contribution >= 4 is 10.9 Å². The first-order valence-corrected chi connectivity index (χ1v) is 5.27. The van der Waals surface area contributed by atoms with Gasteiger partial charge in [-0.25, -0.2) is 0 Å². The summed E-state index contributed by atoms with van der Waals surface area (Å²) < 4.78 is 16.2. The van der Waals surface area contributed by atoms with Gasteiger partial charge in [-0.05, 0) is 18.2 Å². The number of ether oxygens (including phenoxy) is 3. The number of rotatable bonds is 4. The van der Waals surface area contributed by atoms with Gasteiger partial charge in [-0.3, -0.25) is 0 Å². The third kappa shape index (κ3) is 1.61. The van der Waals surface area contributed by atoms with Crippen LogP contribution in [0, 0.1) is 0 Å². The first-order valence-electron chi connectivity index (χ1n) is 5.27. The van der Waals surface area contributed by atoms with Gasteiger partial charge in [0.2, 0.25) is 0 Å². The summed E-state index contributed by atoms with van der Waals surface area (Å²) >= 11 is 0. The molecular formula is C12H13NO3. The van der Waals surface area contributed by atoms with Gasteiger partial charge in [0.25, 0.3) is 0 Å². The average Bonchev–Trinajstić information content (AvgIpc) is 3.01. The highest BCUT2D eigenvalue weighted by Crippen LogP contribution is 2.35. The minimum absolute atomic E-state index is 0.249. The normalized spacial score (nSPS) is 18.7. The molecule has 2 heterocycles. The van der Waals surface area contributed by atoms with Gasteiger partial charge in [-0.1, -0.05) is 0 Å². The summed E-state index contributed by atoms with van der Waals surface area (Å²) in [5.74, 6) is 1.55. The van der Waals surface area contributed by atoms with Crippen molar-refractivity contribution in [2.75, 3.05) is 20.3 Å². The van der Waals surface area contributed by atoms with E-state index in [1.54, 1.807) is 7.11 Å². The summed E-state index contributed by atoms with van der Waals surface area (Å²) in [6.45, 7) is 1.38. The lowest BCUT2D eigenvalue weighted by Gasteiger charge is -2.10. The molecule has 4 heteroatoms. The van der Waals surface area contributed by atoms with Crippen molar-refractivity contribution in [1.82, 2.24) is 4.98 Å². The molecule has 3 rings (SSSR count). The quantitative estimate of drug-likeness (QED) is 0.799. The van der Waals surface area contributed by atoms with E-state index < -0.39 is 0 Å². The predicted octanol–water partition coefficient (Wildman–Crippen LogP) is 1.95. The second-order valence-electron chi connectivity index (χ2n) is 3.80. The smallest absolute Gasteiger partial charge is 0.170 e. The van der Waals surface area contributed by atoms with Crippen molar-refractivity contribution in [3.63, 3.8) is 0 Å². The van der Waals surface area contributed by atoms with Gasteiger partial charge in [-0.15, -0.1) is 0 Å². The van der Waals surface area contributed by atoms with Crippen LogP contribution in [0.5, 0.6) is 11.5 Å². The summed E-state index contributed by atoms with van der Waals surface area (Å²) in [6.07, 6.45) is 2.14. The van der Waals surface area contributed by atoms with E-state index in [2.05, 4.69) is 4.98 Å². The third-order valence-electron chi connectivity index (χ3n) is 2.68. The molecule has 1 fully saturated rings. The largest absolute Gasteiger partial charge is 0.493 e. The highest BCUT2D eigenvalue weighted by atomic mass is 16.6. The molecule has 2 aromatic rings. The first kappa shape index (κ1) is 9.54. The molecule has 84 valence electrons. The van der Waals surface area contributed by atoms with E-state index in [0.717, 1.165) is 29.0 Å². The molecule has 1 saturated heterocycles. The van der Waals surface area contributed by atoms with E-state index >= 15 is 0 Å². The van der Waals surface area contributed by atoms with Crippen LogP contribution < -0.4 is 9.47 Å². The molecule has 0 spiro atoms. The Bertz CT molecular complexity index is 502. The molecule has 0 aliphatic carbocycles. The molecule has 0 unspecified atom stereocenters. The van der Waals surface area contributed by atoms with Gasteiger partial charge in [0.05, 0.1) is 13.7 Å². The number of hydrogen-bond donors (Lipinski definition) is 1. The molecule has 1 aromatic heterocycles. The molecule has 0 saturated carbocycles. The maximum atomic E-state index is 5.75. The zero-order valence-corrected chi connectivity index (χ0v) is 9.03. The molecule has 1 N–H and O–H groups in total. The van der Waals surface area contributed by atoms with E-state index in [-0.39, 0.29) is 6.10 Å². The number of aromatic nitrogens is 1. The van der Waals surface area contributed by atoms with Gasteiger partial charge in [0, 0.05) is 17.1 Å². The van der Waals surface area contributed by atoms with Crippen molar-refractivity contribution in [2.24, 2.45) is 0 Å². The topological polar surface area (TPSA) is 46.8 Å². The van der Waals surface area contributed by atoms with Crippen molar-refractivity contribution < 1.29 is 14.2 Å². The minimum Gasteiger partial charge on any atom is -0.493 e. The zero-order chi connectivity index (χ0) is 11.0. The summed E-state index contributed by atoms with van der Waals surface area (Å²) in [5.41, 5.74) is 1.05. The molecule has 1 atom stereocenters. The van der Waals surface area contributed by atoms with E-state index in [0.29, 0.717) is 6.61 Å². The van der Waals surface area contributed by atoms with Crippen molar-refractivity contribution in [2.45, 2.75) is 6.10 Å². The lowest BCUT2D eigenvalue weighted by molar-refractivity contribution is 0.254. The van der Waals surface area contributed by atoms with Crippen LogP contribution in [-0.2, 0) is 4.74 Å². The number of nitrogens with one attached hydrogen (secondary N) is 1. The maximum Gasteiger partial charge on any atom is 0.170 e. The molecule has 0 radical (unpaired) electrons. The number of methoxy groups -OCH3 is 1. The van der Waals surface area contributed by atoms with Crippen LogP contribution in [0.1, 0.15) is 0 Å². The number of hydrogen-bond acceptors (Lipinski definition) is 3. The SMILES string of the molecule is COc1ccc2[nH]ccc2c1OC[C@H]1CO1. The summed E-state index contributed by atoms with van der Waals surface area (Å²) in [4.78, 5) is 3.15. The highest BCUT2D eigenvalue weighted by molar-refractivity contribution is 5.88. The molecule has 0 amide bonds. The second-order valence-corrected chi connectivity index (χ2v) is 3.80.